The minimum absolute atomic E-state index is 0.0678. The van der Waals surface area contributed by atoms with E-state index in [9.17, 15) is 13.5 Å². The van der Waals surface area contributed by atoms with Gasteiger partial charge in [0.1, 0.15) is 0 Å². The van der Waals surface area contributed by atoms with E-state index in [1.54, 1.807) is 57.2 Å². The van der Waals surface area contributed by atoms with Gasteiger partial charge in [-0.15, -0.1) is 5.10 Å². The van der Waals surface area contributed by atoms with Crippen molar-refractivity contribution in [3.05, 3.63) is 76.8 Å². The van der Waals surface area contributed by atoms with Crippen molar-refractivity contribution in [2.45, 2.75) is 37.5 Å². The second kappa shape index (κ2) is 9.88. The first-order valence-electron chi connectivity index (χ1n) is 10.1. The summed E-state index contributed by atoms with van der Waals surface area (Å²) in [4.78, 5) is 8.37. The van der Waals surface area contributed by atoms with Gasteiger partial charge in [-0.1, -0.05) is 24.3 Å². The second-order valence-corrected chi connectivity index (χ2v) is 9.99. The second-order valence-electron chi connectivity index (χ2n) is 7.49. The summed E-state index contributed by atoms with van der Waals surface area (Å²) < 4.78 is 30.5. The van der Waals surface area contributed by atoms with Gasteiger partial charge in [0.15, 0.2) is 21.4 Å². The van der Waals surface area contributed by atoms with Crippen molar-refractivity contribution >= 4 is 34.0 Å². The average molecular weight is 468 g/mol. The number of hydrogen-bond donors (Lipinski definition) is 3. The molecule has 0 atom stereocenters. The standard InChI is InChI=1S/C23H25N5O4S/c1-14(2)33(30,31)19-11-9-17(10-12-19)15(3)26-20(21(24)25-4)23-28-27-22(32-23)18-7-5-16(13-29)6-8-18/h5-12,14,24,28-29H,4,13H2,1-3H3. The Bertz CT molecular complexity index is 1260. The highest BCUT2D eigenvalue weighted by Crippen LogP contribution is 2.20. The molecule has 3 N–H and O–H groups in total. The molecule has 1 heterocycles. The van der Waals surface area contributed by atoms with Crippen LogP contribution < -0.4 is 5.43 Å². The molecule has 172 valence electrons. The van der Waals surface area contributed by atoms with Gasteiger partial charge in [-0.2, -0.15) is 0 Å². The van der Waals surface area contributed by atoms with Crippen LogP contribution in [-0.2, 0) is 21.2 Å². The van der Waals surface area contributed by atoms with Crippen LogP contribution in [0.5, 0.6) is 0 Å². The van der Waals surface area contributed by atoms with Gasteiger partial charge in [0, 0.05) is 11.3 Å². The summed E-state index contributed by atoms with van der Waals surface area (Å²) in [6.07, 6.45) is 0. The number of nitrogens with one attached hydrogen (secondary N) is 2. The van der Waals surface area contributed by atoms with E-state index in [0.717, 1.165) is 5.56 Å². The van der Waals surface area contributed by atoms with Gasteiger partial charge in [0.2, 0.25) is 11.8 Å². The largest absolute Gasteiger partial charge is 0.417 e. The molecular formula is C23H25N5O4S. The number of aliphatic imine (C=N–C) groups is 2. The molecule has 3 rings (SSSR count). The maximum absolute atomic E-state index is 12.3. The van der Waals surface area contributed by atoms with Crippen LogP contribution in [0.2, 0.25) is 0 Å². The van der Waals surface area contributed by atoms with Gasteiger partial charge >= 0.3 is 0 Å². The third-order valence-electron chi connectivity index (χ3n) is 4.94. The summed E-state index contributed by atoms with van der Waals surface area (Å²) in [5, 5.41) is 20.9. The van der Waals surface area contributed by atoms with Crippen molar-refractivity contribution in [2.75, 3.05) is 0 Å². The van der Waals surface area contributed by atoms with Crippen LogP contribution in [0, 0.1) is 5.41 Å². The van der Waals surface area contributed by atoms with Crippen molar-refractivity contribution in [1.29, 1.82) is 5.41 Å². The van der Waals surface area contributed by atoms with E-state index < -0.39 is 15.1 Å². The SMILES string of the molecule is C=NC(=N)C(N=C(C)c1ccc(S(=O)(=O)C(C)C)cc1)=C1NN=C(c2ccc(CO)cc2)O1. The molecule has 10 heteroatoms. The normalized spacial score (nSPS) is 15.5. The molecule has 0 bridgehead atoms. The van der Waals surface area contributed by atoms with Gasteiger partial charge in [-0.25, -0.2) is 23.8 Å². The molecule has 0 aromatic heterocycles. The first-order chi connectivity index (χ1) is 15.7. The lowest BCUT2D eigenvalue weighted by Crippen LogP contribution is -2.14. The zero-order valence-electron chi connectivity index (χ0n) is 18.5. The van der Waals surface area contributed by atoms with Crippen LogP contribution in [0.4, 0.5) is 0 Å². The highest BCUT2D eigenvalue weighted by atomic mass is 32.2. The highest BCUT2D eigenvalue weighted by Gasteiger charge is 2.23. The molecule has 0 amide bonds. The number of aliphatic hydroxyl groups excluding tert-OH is 1. The number of hydrazone groups is 1. The minimum Gasteiger partial charge on any atom is -0.417 e. The van der Waals surface area contributed by atoms with Crippen LogP contribution in [-0.4, -0.2) is 42.9 Å². The Morgan fingerprint density at radius 2 is 1.82 bits per heavy atom. The number of hydrogen-bond acceptors (Lipinski definition) is 8. The first kappa shape index (κ1) is 24.0. The minimum atomic E-state index is -3.38. The molecule has 9 nitrogen and oxygen atoms in total. The maximum atomic E-state index is 12.3. The number of benzene rings is 2. The Morgan fingerprint density at radius 1 is 1.18 bits per heavy atom. The first-order valence-corrected chi connectivity index (χ1v) is 11.6. The summed E-state index contributed by atoms with van der Waals surface area (Å²) in [6, 6.07) is 13.4. The Kier molecular flexibility index (Phi) is 7.19. The van der Waals surface area contributed by atoms with Crippen LogP contribution in [0.1, 0.15) is 37.5 Å². The lowest BCUT2D eigenvalue weighted by molar-refractivity contribution is 0.282. The van der Waals surface area contributed by atoms with E-state index in [4.69, 9.17) is 10.1 Å². The molecular weight excluding hydrogens is 442 g/mol. The van der Waals surface area contributed by atoms with Gasteiger partial charge in [0.05, 0.1) is 16.8 Å². The van der Waals surface area contributed by atoms with Crippen molar-refractivity contribution in [3.63, 3.8) is 0 Å². The number of ether oxygens (including phenoxy) is 1. The molecule has 0 saturated heterocycles. The molecule has 0 spiro atoms. The molecule has 0 fully saturated rings. The number of nitrogens with zero attached hydrogens (tertiary/aromatic N) is 3. The van der Waals surface area contributed by atoms with Crippen LogP contribution in [0.3, 0.4) is 0 Å². The zero-order chi connectivity index (χ0) is 24.2. The predicted molar refractivity (Wildman–Crippen MR) is 128 cm³/mol. The molecule has 0 aliphatic carbocycles. The van der Waals surface area contributed by atoms with Crippen LogP contribution in [0.25, 0.3) is 0 Å². The van der Waals surface area contributed by atoms with E-state index in [1.807, 2.05) is 0 Å². The summed E-state index contributed by atoms with van der Waals surface area (Å²) in [5.74, 6) is 0.176. The molecule has 0 saturated carbocycles. The number of rotatable bonds is 7. The molecule has 0 unspecified atom stereocenters. The van der Waals surface area contributed by atoms with Gasteiger partial charge in [0.25, 0.3) is 0 Å². The molecule has 33 heavy (non-hydrogen) atoms. The van der Waals surface area contributed by atoms with Crippen LogP contribution >= 0.6 is 0 Å². The Hall–Kier alpha value is -3.63. The lowest BCUT2D eigenvalue weighted by atomic mass is 10.1. The smallest absolute Gasteiger partial charge is 0.245 e. The fourth-order valence-corrected chi connectivity index (χ4v) is 3.96. The number of sulfone groups is 1. The van der Waals surface area contributed by atoms with Crippen molar-refractivity contribution in [3.8, 4) is 0 Å². The quantitative estimate of drug-likeness (QED) is 0.425. The summed E-state index contributed by atoms with van der Waals surface area (Å²) in [5.41, 5.74) is 5.44. The lowest BCUT2D eigenvalue weighted by Gasteiger charge is -2.10. The summed E-state index contributed by atoms with van der Waals surface area (Å²) in [7, 11) is -3.38. The van der Waals surface area contributed by atoms with E-state index in [1.165, 1.54) is 12.1 Å². The third-order valence-corrected chi connectivity index (χ3v) is 7.11. The molecule has 0 radical (unpaired) electrons. The number of aliphatic hydroxyl groups is 1. The van der Waals surface area contributed by atoms with Gasteiger partial charge in [-0.3, -0.25) is 5.41 Å². The summed E-state index contributed by atoms with van der Waals surface area (Å²) in [6.45, 7) is 8.32. The van der Waals surface area contributed by atoms with E-state index in [2.05, 4.69) is 27.2 Å². The fraction of sp³-hybridized carbons (Fsp3) is 0.217. The van der Waals surface area contributed by atoms with Gasteiger partial charge < -0.3 is 9.84 Å². The molecule has 1 aliphatic heterocycles. The molecule has 2 aromatic carbocycles. The Morgan fingerprint density at radius 3 is 2.36 bits per heavy atom. The highest BCUT2D eigenvalue weighted by molar-refractivity contribution is 7.92. The zero-order valence-corrected chi connectivity index (χ0v) is 19.3. The van der Waals surface area contributed by atoms with Crippen molar-refractivity contribution in [1.82, 2.24) is 5.43 Å². The number of amidine groups is 1. The Balaban J connectivity index is 1.90. The van der Waals surface area contributed by atoms with Crippen molar-refractivity contribution < 1.29 is 18.3 Å². The summed E-state index contributed by atoms with van der Waals surface area (Å²) >= 11 is 0. The monoisotopic (exact) mass is 467 g/mol. The topological polar surface area (TPSA) is 137 Å². The predicted octanol–water partition coefficient (Wildman–Crippen LogP) is 3.00. The molecule has 2 aromatic rings. The van der Waals surface area contributed by atoms with E-state index in [-0.39, 0.29) is 34.8 Å². The van der Waals surface area contributed by atoms with Gasteiger partial charge in [-0.05, 0) is 62.9 Å². The van der Waals surface area contributed by atoms with Crippen molar-refractivity contribution in [2.24, 2.45) is 15.1 Å². The molecule has 1 aliphatic rings. The third kappa shape index (κ3) is 5.24. The Labute approximate surface area is 192 Å². The van der Waals surface area contributed by atoms with E-state index in [0.29, 0.717) is 16.8 Å². The van der Waals surface area contributed by atoms with E-state index >= 15 is 0 Å². The maximum Gasteiger partial charge on any atom is 0.245 e. The average Bonchev–Trinajstić information content (AvgIpc) is 3.31. The van der Waals surface area contributed by atoms with Crippen LogP contribution in [0.15, 0.2) is 80.1 Å². The fourth-order valence-electron chi connectivity index (χ4n) is 2.90.